The van der Waals surface area contributed by atoms with Crippen LogP contribution < -0.4 is 10.1 Å². The van der Waals surface area contributed by atoms with Gasteiger partial charge in [0, 0.05) is 12.6 Å². The Morgan fingerprint density at radius 2 is 1.96 bits per heavy atom. The molecule has 0 spiro atoms. The van der Waals surface area contributed by atoms with Crippen molar-refractivity contribution in [2.45, 2.75) is 52.4 Å². The Labute approximate surface area is 143 Å². The molecule has 0 aliphatic rings. The monoisotopic (exact) mass is 339 g/mol. The first-order valence-electron chi connectivity index (χ1n) is 8.31. The SMILES string of the molecule is CC(C)NCC(O)COc1ccc(C(=O)O)c(CCOC(C)C)c1. The van der Waals surface area contributed by atoms with Crippen LogP contribution >= 0.6 is 0 Å². The number of hydrogen-bond donors (Lipinski definition) is 3. The van der Waals surface area contributed by atoms with Crippen molar-refractivity contribution in [3.63, 3.8) is 0 Å². The number of hydrogen-bond acceptors (Lipinski definition) is 5. The molecule has 0 fully saturated rings. The standard InChI is InChI=1S/C18H29NO5/c1-12(2)19-10-15(20)11-24-16-5-6-17(18(21)22)14(9-16)7-8-23-13(3)4/h5-6,9,12-13,15,19-20H,7-8,10-11H2,1-4H3,(H,21,22). The van der Waals surface area contributed by atoms with Crippen molar-refractivity contribution in [2.24, 2.45) is 0 Å². The van der Waals surface area contributed by atoms with Crippen LogP contribution in [0, 0.1) is 0 Å². The van der Waals surface area contributed by atoms with Crippen LogP contribution in [0.3, 0.4) is 0 Å². The molecule has 6 heteroatoms. The lowest BCUT2D eigenvalue weighted by Crippen LogP contribution is -2.35. The Hall–Kier alpha value is -1.63. The maximum Gasteiger partial charge on any atom is 0.335 e. The van der Waals surface area contributed by atoms with Gasteiger partial charge in [-0.3, -0.25) is 0 Å². The van der Waals surface area contributed by atoms with E-state index in [0.717, 1.165) is 0 Å². The molecule has 1 rings (SSSR count). The van der Waals surface area contributed by atoms with Gasteiger partial charge in [0.05, 0.1) is 18.3 Å². The highest BCUT2D eigenvalue weighted by atomic mass is 16.5. The molecule has 0 radical (unpaired) electrons. The summed E-state index contributed by atoms with van der Waals surface area (Å²) in [7, 11) is 0. The normalized spacial score (nSPS) is 12.6. The molecule has 0 saturated carbocycles. The number of carboxylic acid groups (broad SMARTS) is 1. The second-order valence-electron chi connectivity index (χ2n) is 6.32. The van der Waals surface area contributed by atoms with Gasteiger partial charge in [-0.15, -0.1) is 0 Å². The maximum absolute atomic E-state index is 11.3. The lowest BCUT2D eigenvalue weighted by molar-refractivity contribution is 0.0690. The van der Waals surface area contributed by atoms with E-state index in [-0.39, 0.29) is 18.3 Å². The Balaban J connectivity index is 2.66. The van der Waals surface area contributed by atoms with Crippen molar-refractivity contribution in [1.29, 1.82) is 0 Å². The second kappa shape index (κ2) is 10.3. The molecule has 0 aliphatic carbocycles. The molecule has 1 unspecified atom stereocenters. The van der Waals surface area contributed by atoms with Crippen LogP contribution in [0.4, 0.5) is 0 Å². The summed E-state index contributed by atoms with van der Waals surface area (Å²) in [6.45, 7) is 8.91. The lowest BCUT2D eigenvalue weighted by atomic mass is 10.0. The van der Waals surface area contributed by atoms with Gasteiger partial charge in [0.25, 0.3) is 0 Å². The molecule has 136 valence electrons. The highest BCUT2D eigenvalue weighted by Crippen LogP contribution is 2.19. The summed E-state index contributed by atoms with van der Waals surface area (Å²) in [6, 6.07) is 5.14. The summed E-state index contributed by atoms with van der Waals surface area (Å²) >= 11 is 0. The van der Waals surface area contributed by atoms with Crippen LogP contribution in [0.2, 0.25) is 0 Å². The average molecular weight is 339 g/mol. The summed E-state index contributed by atoms with van der Waals surface area (Å²) in [5.74, 6) is -0.426. The summed E-state index contributed by atoms with van der Waals surface area (Å²) in [6.07, 6.45) is -0.0327. The molecule has 0 aliphatic heterocycles. The molecule has 1 aromatic rings. The number of carbonyl (C=O) groups is 1. The van der Waals surface area contributed by atoms with E-state index in [9.17, 15) is 15.0 Å². The van der Waals surface area contributed by atoms with Crippen molar-refractivity contribution >= 4 is 5.97 Å². The first-order valence-corrected chi connectivity index (χ1v) is 8.31. The highest BCUT2D eigenvalue weighted by molar-refractivity contribution is 5.89. The van der Waals surface area contributed by atoms with Gasteiger partial charge in [-0.25, -0.2) is 4.79 Å². The molecule has 6 nitrogen and oxygen atoms in total. The minimum absolute atomic E-state index is 0.0984. The van der Waals surface area contributed by atoms with E-state index >= 15 is 0 Å². The Kier molecular flexibility index (Phi) is 8.74. The number of benzene rings is 1. The van der Waals surface area contributed by atoms with Crippen molar-refractivity contribution < 1.29 is 24.5 Å². The number of aliphatic hydroxyl groups is 1. The van der Waals surface area contributed by atoms with E-state index in [2.05, 4.69) is 5.32 Å². The molecule has 1 aromatic carbocycles. The van der Waals surface area contributed by atoms with Gasteiger partial charge in [-0.2, -0.15) is 0 Å². The molecule has 0 aromatic heterocycles. The molecule has 0 saturated heterocycles. The molecule has 0 amide bonds. The quantitative estimate of drug-likeness (QED) is 0.572. The van der Waals surface area contributed by atoms with Gasteiger partial charge in [-0.1, -0.05) is 13.8 Å². The second-order valence-corrected chi connectivity index (χ2v) is 6.32. The van der Waals surface area contributed by atoms with Crippen LogP contribution in [0.1, 0.15) is 43.6 Å². The van der Waals surface area contributed by atoms with Gasteiger partial charge in [0.15, 0.2) is 0 Å². The van der Waals surface area contributed by atoms with Gasteiger partial charge >= 0.3 is 5.97 Å². The number of aromatic carboxylic acids is 1. The van der Waals surface area contributed by atoms with Crippen molar-refractivity contribution in [3.8, 4) is 5.75 Å². The maximum atomic E-state index is 11.3. The van der Waals surface area contributed by atoms with E-state index in [4.69, 9.17) is 9.47 Å². The van der Waals surface area contributed by atoms with Gasteiger partial charge in [-0.05, 0) is 44.0 Å². The fourth-order valence-electron chi connectivity index (χ4n) is 2.10. The van der Waals surface area contributed by atoms with Crippen molar-refractivity contribution in [3.05, 3.63) is 29.3 Å². The summed E-state index contributed by atoms with van der Waals surface area (Å²) in [5, 5.41) is 22.3. The van der Waals surface area contributed by atoms with Crippen LogP contribution in [0.5, 0.6) is 5.75 Å². The van der Waals surface area contributed by atoms with Gasteiger partial charge in [0.1, 0.15) is 18.5 Å². The van der Waals surface area contributed by atoms with Crippen molar-refractivity contribution in [2.75, 3.05) is 19.8 Å². The zero-order chi connectivity index (χ0) is 18.1. The molecule has 0 heterocycles. The number of aliphatic hydroxyl groups excluding tert-OH is 1. The van der Waals surface area contributed by atoms with Crippen LogP contribution in [0.25, 0.3) is 0 Å². The largest absolute Gasteiger partial charge is 0.491 e. The smallest absolute Gasteiger partial charge is 0.335 e. The van der Waals surface area contributed by atoms with Gasteiger partial charge in [0.2, 0.25) is 0 Å². The number of carboxylic acids is 1. The average Bonchev–Trinajstić information content (AvgIpc) is 2.50. The van der Waals surface area contributed by atoms with Gasteiger partial charge < -0.3 is 25.0 Å². The molecule has 0 bridgehead atoms. The Morgan fingerprint density at radius 3 is 2.54 bits per heavy atom. The highest BCUT2D eigenvalue weighted by Gasteiger charge is 2.13. The lowest BCUT2D eigenvalue weighted by Gasteiger charge is -2.16. The topological polar surface area (TPSA) is 88.0 Å². The fraction of sp³-hybridized carbons (Fsp3) is 0.611. The number of ether oxygens (including phenoxy) is 2. The summed E-state index contributed by atoms with van der Waals surface area (Å²) in [5.41, 5.74) is 0.909. The van der Waals surface area contributed by atoms with Crippen LogP contribution in [-0.2, 0) is 11.2 Å². The van der Waals surface area contributed by atoms with E-state index < -0.39 is 12.1 Å². The Morgan fingerprint density at radius 1 is 1.25 bits per heavy atom. The van der Waals surface area contributed by atoms with Crippen LogP contribution in [-0.4, -0.2) is 54.2 Å². The molecule has 3 N–H and O–H groups in total. The van der Waals surface area contributed by atoms with Crippen LogP contribution in [0.15, 0.2) is 18.2 Å². The van der Waals surface area contributed by atoms with E-state index in [1.54, 1.807) is 12.1 Å². The van der Waals surface area contributed by atoms with E-state index in [1.165, 1.54) is 6.07 Å². The third-order valence-corrected chi connectivity index (χ3v) is 3.33. The van der Waals surface area contributed by atoms with Crippen molar-refractivity contribution in [1.82, 2.24) is 5.32 Å². The fourth-order valence-corrected chi connectivity index (χ4v) is 2.10. The predicted octanol–water partition coefficient (Wildman–Crippen LogP) is 2.09. The zero-order valence-corrected chi connectivity index (χ0v) is 14.9. The molecular formula is C18H29NO5. The first-order chi connectivity index (χ1) is 11.3. The number of rotatable bonds is 11. The first kappa shape index (κ1) is 20.4. The third kappa shape index (κ3) is 7.77. The predicted molar refractivity (Wildman–Crippen MR) is 92.8 cm³/mol. The summed E-state index contributed by atoms with van der Waals surface area (Å²) in [4.78, 5) is 11.3. The third-order valence-electron chi connectivity index (χ3n) is 3.33. The minimum Gasteiger partial charge on any atom is -0.491 e. The molecule has 1 atom stereocenters. The number of nitrogens with one attached hydrogen (secondary N) is 1. The molecule has 24 heavy (non-hydrogen) atoms. The zero-order valence-electron chi connectivity index (χ0n) is 14.9. The van der Waals surface area contributed by atoms with E-state index in [0.29, 0.717) is 36.9 Å². The summed E-state index contributed by atoms with van der Waals surface area (Å²) < 4.78 is 11.1. The van der Waals surface area contributed by atoms with E-state index in [1.807, 2.05) is 27.7 Å². The molecular weight excluding hydrogens is 310 g/mol. The Bertz CT molecular complexity index is 516. The minimum atomic E-state index is -0.970.